The third kappa shape index (κ3) is 2.19. The number of carbonyl (C=O) groups is 1. The standard InChI is InChI=1S/C15H21ClN4O/c1-9(2)19-5-6-20-12(8-19)15(21)18(4)13-10(3)11(16)7-17-14(13)20/h7,9,12H,5-6,8H2,1-4H3/t12-/m1/s1. The van der Waals surface area contributed by atoms with Crippen molar-refractivity contribution in [2.45, 2.75) is 32.9 Å². The number of aromatic nitrogens is 1. The van der Waals surface area contributed by atoms with E-state index in [1.165, 1.54) is 0 Å². The van der Waals surface area contributed by atoms with E-state index in [0.29, 0.717) is 11.1 Å². The predicted molar refractivity (Wildman–Crippen MR) is 85.2 cm³/mol. The number of fused-ring (bicyclic) bond motifs is 3. The van der Waals surface area contributed by atoms with Gasteiger partial charge >= 0.3 is 0 Å². The summed E-state index contributed by atoms with van der Waals surface area (Å²) in [7, 11) is 1.82. The highest BCUT2D eigenvalue weighted by molar-refractivity contribution is 6.32. The molecular weight excluding hydrogens is 288 g/mol. The Morgan fingerprint density at radius 2 is 2.10 bits per heavy atom. The molecule has 3 heterocycles. The number of carbonyl (C=O) groups excluding carboxylic acids is 1. The van der Waals surface area contributed by atoms with E-state index in [4.69, 9.17) is 11.6 Å². The van der Waals surface area contributed by atoms with Crippen molar-refractivity contribution in [3.8, 4) is 0 Å². The number of nitrogens with zero attached hydrogens (tertiary/aromatic N) is 4. The van der Waals surface area contributed by atoms with Gasteiger partial charge in [-0.2, -0.15) is 0 Å². The molecule has 2 aliphatic heterocycles. The van der Waals surface area contributed by atoms with Crippen molar-refractivity contribution in [1.82, 2.24) is 9.88 Å². The summed E-state index contributed by atoms with van der Waals surface area (Å²) in [5.41, 5.74) is 1.77. The first-order valence-corrected chi connectivity index (χ1v) is 7.73. The van der Waals surface area contributed by atoms with Gasteiger partial charge in [-0.3, -0.25) is 9.69 Å². The molecule has 1 amide bonds. The van der Waals surface area contributed by atoms with Gasteiger partial charge in [-0.1, -0.05) is 11.6 Å². The number of piperazine rings is 1. The zero-order chi connectivity index (χ0) is 15.3. The number of rotatable bonds is 1. The van der Waals surface area contributed by atoms with Crippen LogP contribution in [0.15, 0.2) is 6.20 Å². The Balaban J connectivity index is 2.04. The quantitative estimate of drug-likeness (QED) is 0.794. The maximum atomic E-state index is 12.7. The molecule has 1 aromatic heterocycles. The molecule has 1 atom stereocenters. The van der Waals surface area contributed by atoms with Gasteiger partial charge in [0.1, 0.15) is 6.04 Å². The summed E-state index contributed by atoms with van der Waals surface area (Å²) < 4.78 is 0. The van der Waals surface area contributed by atoms with Crippen LogP contribution in [0.4, 0.5) is 11.5 Å². The Morgan fingerprint density at radius 3 is 2.76 bits per heavy atom. The molecule has 0 bridgehead atoms. The number of likely N-dealkylation sites (N-methyl/N-ethyl adjacent to an activating group) is 1. The van der Waals surface area contributed by atoms with E-state index in [1.807, 2.05) is 14.0 Å². The van der Waals surface area contributed by atoms with Crippen LogP contribution in [-0.4, -0.2) is 54.6 Å². The number of anilines is 2. The van der Waals surface area contributed by atoms with Gasteiger partial charge in [-0.05, 0) is 26.3 Å². The lowest BCUT2D eigenvalue weighted by molar-refractivity contribution is -0.121. The first-order valence-electron chi connectivity index (χ1n) is 7.35. The fraction of sp³-hybridized carbons (Fsp3) is 0.600. The molecule has 0 radical (unpaired) electrons. The average Bonchev–Trinajstić information content (AvgIpc) is 2.47. The van der Waals surface area contributed by atoms with E-state index in [2.05, 4.69) is 28.6 Å². The molecular formula is C15H21ClN4O. The fourth-order valence-corrected chi connectivity index (χ4v) is 3.38. The second kappa shape index (κ2) is 5.14. The van der Waals surface area contributed by atoms with Crippen molar-refractivity contribution < 1.29 is 4.79 Å². The molecule has 0 aromatic carbocycles. The van der Waals surface area contributed by atoms with Gasteiger partial charge in [0.15, 0.2) is 5.82 Å². The van der Waals surface area contributed by atoms with Crippen LogP contribution < -0.4 is 9.80 Å². The highest BCUT2D eigenvalue weighted by Crippen LogP contribution is 2.39. The molecule has 0 spiro atoms. The maximum Gasteiger partial charge on any atom is 0.250 e. The van der Waals surface area contributed by atoms with Crippen LogP contribution in [0.25, 0.3) is 0 Å². The first-order chi connectivity index (χ1) is 9.91. The minimum absolute atomic E-state index is 0.125. The lowest BCUT2D eigenvalue weighted by Crippen LogP contribution is -2.63. The Labute approximate surface area is 130 Å². The summed E-state index contributed by atoms with van der Waals surface area (Å²) in [6.07, 6.45) is 1.69. The summed E-state index contributed by atoms with van der Waals surface area (Å²) in [4.78, 5) is 23.4. The molecule has 1 aromatic rings. The Hall–Kier alpha value is -1.33. The molecule has 2 aliphatic rings. The van der Waals surface area contributed by atoms with Crippen molar-refractivity contribution in [2.75, 3.05) is 36.5 Å². The summed E-state index contributed by atoms with van der Waals surface area (Å²) >= 11 is 6.17. The maximum absolute atomic E-state index is 12.7. The lowest BCUT2D eigenvalue weighted by atomic mass is 10.0. The fourth-order valence-electron chi connectivity index (χ4n) is 3.24. The van der Waals surface area contributed by atoms with E-state index < -0.39 is 0 Å². The Kier molecular flexibility index (Phi) is 3.58. The molecule has 0 N–H and O–H groups in total. The van der Waals surface area contributed by atoms with Gasteiger partial charge in [0.2, 0.25) is 0 Å². The van der Waals surface area contributed by atoms with E-state index in [1.54, 1.807) is 11.1 Å². The van der Waals surface area contributed by atoms with E-state index in [9.17, 15) is 4.79 Å². The predicted octanol–water partition coefficient (Wildman–Crippen LogP) is 1.92. The minimum atomic E-state index is -0.147. The minimum Gasteiger partial charge on any atom is -0.340 e. The molecule has 0 unspecified atom stereocenters. The average molecular weight is 309 g/mol. The van der Waals surface area contributed by atoms with Gasteiger partial charge in [0, 0.05) is 38.9 Å². The summed E-state index contributed by atoms with van der Waals surface area (Å²) in [6, 6.07) is 0.304. The molecule has 0 saturated carbocycles. The number of hydrogen-bond donors (Lipinski definition) is 0. The number of amides is 1. The van der Waals surface area contributed by atoms with Crippen LogP contribution in [0.5, 0.6) is 0 Å². The monoisotopic (exact) mass is 308 g/mol. The summed E-state index contributed by atoms with van der Waals surface area (Å²) in [6.45, 7) is 8.81. The van der Waals surface area contributed by atoms with Crippen LogP contribution in [-0.2, 0) is 4.79 Å². The topological polar surface area (TPSA) is 39.7 Å². The molecule has 6 heteroatoms. The van der Waals surface area contributed by atoms with E-state index in [0.717, 1.165) is 36.7 Å². The molecule has 1 fully saturated rings. The number of hydrogen-bond acceptors (Lipinski definition) is 4. The van der Waals surface area contributed by atoms with Crippen molar-refractivity contribution >= 4 is 29.0 Å². The van der Waals surface area contributed by atoms with E-state index in [-0.39, 0.29) is 11.9 Å². The number of pyridine rings is 1. The largest absolute Gasteiger partial charge is 0.340 e. The molecule has 0 aliphatic carbocycles. The third-order valence-corrected chi connectivity index (χ3v) is 4.97. The SMILES string of the molecule is Cc1c(Cl)cnc2c1N(C)C(=O)[C@H]1CN(C(C)C)CCN21. The van der Waals surface area contributed by atoms with Gasteiger partial charge in [-0.15, -0.1) is 0 Å². The van der Waals surface area contributed by atoms with Gasteiger partial charge in [0.05, 0.1) is 10.7 Å². The zero-order valence-electron chi connectivity index (χ0n) is 12.9. The molecule has 21 heavy (non-hydrogen) atoms. The highest BCUT2D eigenvalue weighted by atomic mass is 35.5. The zero-order valence-corrected chi connectivity index (χ0v) is 13.7. The van der Waals surface area contributed by atoms with Crippen molar-refractivity contribution in [3.63, 3.8) is 0 Å². The number of halogens is 1. The molecule has 1 saturated heterocycles. The van der Waals surface area contributed by atoms with Crippen LogP contribution >= 0.6 is 11.6 Å². The molecule has 3 rings (SSSR count). The Bertz CT molecular complexity index is 589. The second-order valence-electron chi connectivity index (χ2n) is 6.10. The molecule has 114 valence electrons. The smallest absolute Gasteiger partial charge is 0.250 e. The third-order valence-electron chi connectivity index (χ3n) is 4.59. The van der Waals surface area contributed by atoms with Gasteiger partial charge < -0.3 is 9.80 Å². The van der Waals surface area contributed by atoms with E-state index >= 15 is 0 Å². The van der Waals surface area contributed by atoms with Crippen LogP contribution in [0, 0.1) is 6.92 Å². The van der Waals surface area contributed by atoms with Crippen LogP contribution in [0.2, 0.25) is 5.02 Å². The van der Waals surface area contributed by atoms with Crippen LogP contribution in [0.1, 0.15) is 19.4 Å². The highest BCUT2D eigenvalue weighted by Gasteiger charge is 2.42. The van der Waals surface area contributed by atoms with Gasteiger partial charge in [0.25, 0.3) is 5.91 Å². The van der Waals surface area contributed by atoms with Crippen molar-refractivity contribution in [1.29, 1.82) is 0 Å². The van der Waals surface area contributed by atoms with Gasteiger partial charge in [-0.25, -0.2) is 4.98 Å². The van der Waals surface area contributed by atoms with Crippen molar-refractivity contribution in [2.24, 2.45) is 0 Å². The molecule has 5 nitrogen and oxygen atoms in total. The summed E-state index contributed by atoms with van der Waals surface area (Å²) in [5.74, 6) is 1.01. The summed E-state index contributed by atoms with van der Waals surface area (Å²) in [5, 5.41) is 0.604. The lowest BCUT2D eigenvalue weighted by Gasteiger charge is -2.47. The van der Waals surface area contributed by atoms with Crippen molar-refractivity contribution in [3.05, 3.63) is 16.8 Å². The second-order valence-corrected chi connectivity index (χ2v) is 6.51. The normalized spacial score (nSPS) is 22.6. The Morgan fingerprint density at radius 1 is 1.38 bits per heavy atom. The first kappa shape index (κ1) is 14.6. The van der Waals surface area contributed by atoms with Crippen LogP contribution in [0.3, 0.4) is 0 Å².